The zero-order valence-corrected chi connectivity index (χ0v) is 15.7. The number of hydrogen-bond acceptors (Lipinski definition) is 4. The van der Waals surface area contributed by atoms with E-state index in [1.54, 1.807) is 6.07 Å². The van der Waals surface area contributed by atoms with Crippen LogP contribution in [0.1, 0.15) is 30.8 Å². The fourth-order valence-electron chi connectivity index (χ4n) is 2.63. The lowest BCUT2D eigenvalue weighted by molar-refractivity contribution is -0.142. The summed E-state index contributed by atoms with van der Waals surface area (Å²) >= 11 is 0. The number of nitrogens with one attached hydrogen (secondary N) is 4. The molecule has 1 heterocycles. The maximum atomic E-state index is 12.1. The molecular weight excluding hydrogens is 364 g/mol. The van der Waals surface area contributed by atoms with Crippen molar-refractivity contribution in [2.24, 2.45) is 5.92 Å². The van der Waals surface area contributed by atoms with Crippen LogP contribution < -0.4 is 16.0 Å². The fraction of sp³-hybridized carbons (Fsp3) is 0.368. The number of carboxylic acids is 1. The van der Waals surface area contributed by atoms with E-state index in [4.69, 9.17) is 5.11 Å². The second-order valence-corrected chi connectivity index (χ2v) is 6.82. The number of carbonyl (C=O) groups is 4. The summed E-state index contributed by atoms with van der Waals surface area (Å²) in [6.45, 7) is 3.01. The van der Waals surface area contributed by atoms with Gasteiger partial charge in [0.2, 0.25) is 11.8 Å². The maximum absolute atomic E-state index is 12.1. The number of amides is 3. The van der Waals surface area contributed by atoms with E-state index in [0.717, 1.165) is 10.9 Å². The Bertz CT molecular complexity index is 841. The number of carboxylic acid groups (broad SMARTS) is 1. The number of aromatic amines is 1. The number of fused-ring (bicyclic) bond motifs is 1. The van der Waals surface area contributed by atoms with Gasteiger partial charge in [-0.3, -0.25) is 14.4 Å². The molecule has 1 atom stereocenters. The van der Waals surface area contributed by atoms with E-state index in [9.17, 15) is 19.2 Å². The third kappa shape index (κ3) is 6.11. The van der Waals surface area contributed by atoms with E-state index in [2.05, 4.69) is 20.9 Å². The van der Waals surface area contributed by atoms with Gasteiger partial charge in [-0.15, -0.1) is 0 Å². The Morgan fingerprint density at radius 3 is 2.36 bits per heavy atom. The summed E-state index contributed by atoms with van der Waals surface area (Å²) in [6, 6.07) is 8.06. The van der Waals surface area contributed by atoms with Crippen LogP contribution in [0.4, 0.5) is 0 Å². The maximum Gasteiger partial charge on any atom is 0.326 e. The summed E-state index contributed by atoms with van der Waals surface area (Å²) in [5.74, 6) is -2.65. The van der Waals surface area contributed by atoms with Gasteiger partial charge in [-0.1, -0.05) is 32.0 Å². The van der Waals surface area contributed by atoms with Crippen LogP contribution in [0.2, 0.25) is 0 Å². The average Bonchev–Trinajstić information content (AvgIpc) is 3.07. The molecule has 2 rings (SSSR count). The first-order chi connectivity index (χ1) is 13.3. The van der Waals surface area contributed by atoms with Gasteiger partial charge in [-0.2, -0.15) is 0 Å². The van der Waals surface area contributed by atoms with Crippen molar-refractivity contribution in [3.8, 4) is 0 Å². The molecule has 0 unspecified atom stereocenters. The van der Waals surface area contributed by atoms with Gasteiger partial charge in [-0.05, 0) is 24.5 Å². The molecule has 3 amide bonds. The molecule has 1 aromatic carbocycles. The Balaban J connectivity index is 1.76. The van der Waals surface area contributed by atoms with Crippen molar-refractivity contribution in [3.05, 3.63) is 36.0 Å². The number of rotatable bonds is 9. The lowest BCUT2D eigenvalue weighted by Crippen LogP contribution is -2.47. The van der Waals surface area contributed by atoms with Gasteiger partial charge in [0.15, 0.2) is 0 Å². The SMILES string of the molecule is CC(C)C[C@H](NC(=O)CNC(=O)CNC(=O)c1cc2ccccc2[nH]1)C(=O)O. The summed E-state index contributed by atoms with van der Waals surface area (Å²) < 4.78 is 0. The summed E-state index contributed by atoms with van der Waals surface area (Å²) in [5.41, 5.74) is 1.13. The molecule has 1 aromatic heterocycles. The smallest absolute Gasteiger partial charge is 0.326 e. The Kier molecular flexibility index (Phi) is 7.14. The van der Waals surface area contributed by atoms with Crippen molar-refractivity contribution in [1.82, 2.24) is 20.9 Å². The molecule has 0 bridgehead atoms. The van der Waals surface area contributed by atoms with Gasteiger partial charge < -0.3 is 26.0 Å². The number of carbonyl (C=O) groups excluding carboxylic acids is 3. The van der Waals surface area contributed by atoms with Gasteiger partial charge in [0.1, 0.15) is 11.7 Å². The molecule has 5 N–H and O–H groups in total. The van der Waals surface area contributed by atoms with Gasteiger partial charge in [0, 0.05) is 10.9 Å². The standard InChI is InChI=1S/C19H24N4O5/c1-11(2)7-15(19(27)28)23-17(25)10-20-16(24)9-21-18(26)14-8-12-5-3-4-6-13(12)22-14/h3-6,8,11,15,22H,7,9-10H2,1-2H3,(H,20,24)(H,21,26)(H,23,25)(H,27,28)/t15-/m0/s1. The molecule has 0 saturated heterocycles. The highest BCUT2D eigenvalue weighted by atomic mass is 16.4. The minimum atomic E-state index is -1.13. The van der Waals surface area contributed by atoms with E-state index in [1.807, 2.05) is 38.1 Å². The average molecular weight is 388 g/mol. The first kappa shape index (κ1) is 20.9. The lowest BCUT2D eigenvalue weighted by atomic mass is 10.0. The van der Waals surface area contributed by atoms with E-state index in [-0.39, 0.29) is 25.4 Å². The molecule has 0 fully saturated rings. The van der Waals surface area contributed by atoms with Gasteiger partial charge in [-0.25, -0.2) is 4.79 Å². The quantitative estimate of drug-likeness (QED) is 0.428. The highest BCUT2D eigenvalue weighted by molar-refractivity contribution is 5.99. The van der Waals surface area contributed by atoms with Crippen molar-refractivity contribution in [1.29, 1.82) is 0 Å². The van der Waals surface area contributed by atoms with Crippen LogP contribution in [0.5, 0.6) is 0 Å². The van der Waals surface area contributed by atoms with E-state index in [0.29, 0.717) is 5.69 Å². The molecular formula is C19H24N4O5. The van der Waals surface area contributed by atoms with Crippen LogP contribution in [-0.4, -0.2) is 52.9 Å². The normalized spacial score (nSPS) is 11.8. The van der Waals surface area contributed by atoms with Crippen molar-refractivity contribution in [2.45, 2.75) is 26.3 Å². The second-order valence-electron chi connectivity index (χ2n) is 6.82. The Hall–Kier alpha value is -3.36. The summed E-state index contributed by atoms with van der Waals surface area (Å²) in [5, 5.41) is 17.1. The fourth-order valence-corrected chi connectivity index (χ4v) is 2.63. The van der Waals surface area contributed by atoms with Crippen LogP contribution >= 0.6 is 0 Å². The Labute approximate surface area is 161 Å². The van der Waals surface area contributed by atoms with Crippen LogP contribution in [0, 0.1) is 5.92 Å². The number of benzene rings is 1. The predicted molar refractivity (Wildman–Crippen MR) is 103 cm³/mol. The zero-order valence-electron chi connectivity index (χ0n) is 15.7. The lowest BCUT2D eigenvalue weighted by Gasteiger charge is -2.16. The molecule has 9 heteroatoms. The monoisotopic (exact) mass is 388 g/mol. The molecule has 150 valence electrons. The summed E-state index contributed by atoms with van der Waals surface area (Å²) in [4.78, 5) is 49.8. The van der Waals surface area contributed by atoms with Gasteiger partial charge in [0.05, 0.1) is 13.1 Å². The van der Waals surface area contributed by atoms with Crippen LogP contribution in [-0.2, 0) is 14.4 Å². The van der Waals surface area contributed by atoms with E-state index < -0.39 is 29.7 Å². The third-order valence-corrected chi connectivity index (χ3v) is 3.97. The number of para-hydroxylation sites is 1. The van der Waals surface area contributed by atoms with Crippen molar-refractivity contribution in [2.75, 3.05) is 13.1 Å². The highest BCUT2D eigenvalue weighted by Crippen LogP contribution is 2.14. The number of aromatic nitrogens is 1. The van der Waals surface area contributed by atoms with Crippen LogP contribution in [0.25, 0.3) is 10.9 Å². The number of aliphatic carboxylic acids is 1. The molecule has 0 aliphatic heterocycles. The van der Waals surface area contributed by atoms with Gasteiger partial charge in [0.25, 0.3) is 5.91 Å². The third-order valence-electron chi connectivity index (χ3n) is 3.97. The zero-order chi connectivity index (χ0) is 20.7. The summed E-state index contributed by atoms with van der Waals surface area (Å²) in [6.07, 6.45) is 0.287. The minimum Gasteiger partial charge on any atom is -0.480 e. The predicted octanol–water partition coefficient (Wildman–Crippen LogP) is 0.629. The van der Waals surface area contributed by atoms with Gasteiger partial charge >= 0.3 is 5.97 Å². The molecule has 0 aliphatic rings. The van der Waals surface area contributed by atoms with Crippen LogP contribution in [0.15, 0.2) is 30.3 Å². The van der Waals surface area contributed by atoms with Crippen molar-refractivity contribution >= 4 is 34.6 Å². The summed E-state index contributed by atoms with van der Waals surface area (Å²) in [7, 11) is 0. The Morgan fingerprint density at radius 2 is 1.71 bits per heavy atom. The number of H-pyrrole nitrogens is 1. The minimum absolute atomic E-state index is 0.0934. The molecule has 28 heavy (non-hydrogen) atoms. The second kappa shape index (κ2) is 9.54. The Morgan fingerprint density at radius 1 is 1.04 bits per heavy atom. The number of hydrogen-bond donors (Lipinski definition) is 5. The molecule has 0 spiro atoms. The molecule has 0 saturated carbocycles. The first-order valence-electron chi connectivity index (χ1n) is 8.91. The molecule has 2 aromatic rings. The first-order valence-corrected chi connectivity index (χ1v) is 8.91. The molecule has 0 aliphatic carbocycles. The van der Waals surface area contributed by atoms with Crippen LogP contribution in [0.3, 0.4) is 0 Å². The molecule has 0 radical (unpaired) electrons. The van der Waals surface area contributed by atoms with E-state index >= 15 is 0 Å². The highest BCUT2D eigenvalue weighted by Gasteiger charge is 2.21. The molecule has 9 nitrogen and oxygen atoms in total. The van der Waals surface area contributed by atoms with Crippen molar-refractivity contribution in [3.63, 3.8) is 0 Å². The largest absolute Gasteiger partial charge is 0.480 e. The topological polar surface area (TPSA) is 140 Å². The van der Waals surface area contributed by atoms with Crippen molar-refractivity contribution < 1.29 is 24.3 Å². The van der Waals surface area contributed by atoms with E-state index in [1.165, 1.54) is 0 Å².